The molecule has 0 aromatic carbocycles. The Bertz CT molecular complexity index is 482. The molecule has 0 amide bonds. The molecule has 1 aliphatic carbocycles. The third-order valence-electron chi connectivity index (χ3n) is 3.68. The van der Waals surface area contributed by atoms with Gasteiger partial charge < -0.3 is 14.9 Å². The number of rotatable bonds is 4. The van der Waals surface area contributed by atoms with Crippen molar-refractivity contribution in [2.45, 2.75) is 45.0 Å². The molecule has 3 atom stereocenters. The number of carbonyl (C=O) groups is 1. The summed E-state index contributed by atoms with van der Waals surface area (Å²) in [5.74, 6) is -0.137. The largest absolute Gasteiger partial charge is 0.392 e. The number of aliphatic hydroxyl groups excluding tert-OH is 2. The van der Waals surface area contributed by atoms with Gasteiger partial charge in [0.15, 0.2) is 11.4 Å². The molecular formula is C15H20O4. The summed E-state index contributed by atoms with van der Waals surface area (Å²) in [5, 5.41) is 19.5. The minimum Gasteiger partial charge on any atom is -0.392 e. The van der Waals surface area contributed by atoms with Crippen LogP contribution in [0.4, 0.5) is 0 Å². The van der Waals surface area contributed by atoms with E-state index < -0.39 is 17.8 Å². The predicted octanol–water partition coefficient (Wildman–Crippen LogP) is 1.29. The van der Waals surface area contributed by atoms with Gasteiger partial charge in [-0.25, -0.2) is 0 Å². The van der Waals surface area contributed by atoms with Gasteiger partial charge in [0.1, 0.15) is 12.2 Å². The Kier molecular flexibility index (Phi) is 3.76. The number of ether oxygens (including phenoxy) is 1. The van der Waals surface area contributed by atoms with Gasteiger partial charge in [-0.1, -0.05) is 23.8 Å². The highest BCUT2D eigenvalue weighted by Crippen LogP contribution is 2.50. The van der Waals surface area contributed by atoms with Crippen molar-refractivity contribution in [3.05, 3.63) is 34.9 Å². The summed E-state index contributed by atoms with van der Waals surface area (Å²) >= 11 is 0. The Hall–Kier alpha value is -1.23. The predicted molar refractivity (Wildman–Crippen MR) is 71.6 cm³/mol. The number of allylic oxidation sites excluding steroid dienone is 3. The monoisotopic (exact) mass is 264 g/mol. The molecule has 1 saturated heterocycles. The highest BCUT2D eigenvalue weighted by atomic mass is 16.6. The van der Waals surface area contributed by atoms with Crippen molar-refractivity contribution in [2.75, 3.05) is 6.61 Å². The van der Waals surface area contributed by atoms with Crippen LogP contribution in [0.25, 0.3) is 0 Å². The van der Waals surface area contributed by atoms with Crippen molar-refractivity contribution in [3.8, 4) is 0 Å². The molecule has 0 bridgehead atoms. The van der Waals surface area contributed by atoms with E-state index in [0.29, 0.717) is 17.6 Å². The van der Waals surface area contributed by atoms with Crippen LogP contribution in [0.1, 0.15) is 27.2 Å². The topological polar surface area (TPSA) is 70.1 Å². The van der Waals surface area contributed by atoms with Crippen molar-refractivity contribution < 1.29 is 19.7 Å². The summed E-state index contributed by atoms with van der Waals surface area (Å²) in [6, 6.07) is 0. The highest BCUT2D eigenvalue weighted by Gasteiger charge is 2.67. The maximum Gasteiger partial charge on any atom is 0.197 e. The third-order valence-corrected chi connectivity index (χ3v) is 3.68. The van der Waals surface area contributed by atoms with E-state index >= 15 is 0 Å². The molecular weight excluding hydrogens is 244 g/mol. The second-order valence-corrected chi connectivity index (χ2v) is 5.28. The van der Waals surface area contributed by atoms with Gasteiger partial charge in [0.25, 0.3) is 0 Å². The molecule has 2 N–H and O–H groups in total. The van der Waals surface area contributed by atoms with E-state index in [-0.39, 0.29) is 12.4 Å². The fourth-order valence-corrected chi connectivity index (χ4v) is 2.55. The fourth-order valence-electron chi connectivity index (χ4n) is 2.55. The zero-order valence-corrected chi connectivity index (χ0v) is 11.5. The van der Waals surface area contributed by atoms with Crippen LogP contribution in [-0.4, -0.2) is 40.4 Å². The number of carbonyl (C=O) groups excluding carboxylic acids is 1. The smallest absolute Gasteiger partial charge is 0.197 e. The molecule has 0 aromatic heterocycles. The number of Topliss-reactive ketones (excluding diaryl/α,β-unsaturated/α-hetero) is 1. The molecule has 0 unspecified atom stereocenters. The van der Waals surface area contributed by atoms with Crippen LogP contribution >= 0.6 is 0 Å². The van der Waals surface area contributed by atoms with Crippen molar-refractivity contribution in [3.63, 3.8) is 0 Å². The van der Waals surface area contributed by atoms with E-state index in [1.165, 1.54) is 0 Å². The number of hydrogen-bond donors (Lipinski definition) is 2. The van der Waals surface area contributed by atoms with Crippen LogP contribution in [-0.2, 0) is 9.53 Å². The van der Waals surface area contributed by atoms with Crippen LogP contribution in [0.15, 0.2) is 34.9 Å². The van der Waals surface area contributed by atoms with Crippen molar-refractivity contribution in [2.24, 2.45) is 0 Å². The van der Waals surface area contributed by atoms with Crippen LogP contribution in [0.3, 0.4) is 0 Å². The molecule has 0 aromatic rings. The van der Waals surface area contributed by atoms with Crippen molar-refractivity contribution in [1.29, 1.82) is 0 Å². The van der Waals surface area contributed by atoms with Gasteiger partial charge in [0, 0.05) is 12.0 Å². The Balaban J connectivity index is 2.38. The standard InChI is InChI=1S/C15H20O4/c1-4-5-10-11(8-16)12(17)14-15(19-14,13(10)18)7-6-9(2)3/h4-6,12,14,16-17H,7-8H2,1-3H3/b5-4+/t12-,14-,15-/m0/s1. The lowest BCUT2D eigenvalue weighted by Crippen LogP contribution is -2.40. The maximum atomic E-state index is 12.5. The van der Waals surface area contributed by atoms with Gasteiger partial charge in [-0.2, -0.15) is 0 Å². The number of fused-ring (bicyclic) bond motifs is 1. The van der Waals surface area contributed by atoms with E-state index in [9.17, 15) is 15.0 Å². The molecule has 19 heavy (non-hydrogen) atoms. The number of epoxide rings is 1. The van der Waals surface area contributed by atoms with Crippen LogP contribution in [0.5, 0.6) is 0 Å². The molecule has 2 rings (SSSR count). The number of hydrogen-bond acceptors (Lipinski definition) is 4. The molecule has 1 aliphatic heterocycles. The molecule has 0 saturated carbocycles. The molecule has 104 valence electrons. The first kappa shape index (κ1) is 14.2. The van der Waals surface area contributed by atoms with Gasteiger partial charge in [0.05, 0.1) is 6.61 Å². The first-order valence-corrected chi connectivity index (χ1v) is 6.48. The minimum atomic E-state index is -0.926. The van der Waals surface area contributed by atoms with E-state index in [2.05, 4.69) is 0 Å². The quantitative estimate of drug-likeness (QED) is 0.593. The molecule has 0 radical (unpaired) electrons. The average molecular weight is 264 g/mol. The van der Waals surface area contributed by atoms with Gasteiger partial charge in [-0.3, -0.25) is 4.79 Å². The van der Waals surface area contributed by atoms with Crippen LogP contribution < -0.4 is 0 Å². The van der Waals surface area contributed by atoms with Gasteiger partial charge in [-0.15, -0.1) is 0 Å². The van der Waals surface area contributed by atoms with E-state index in [4.69, 9.17) is 4.74 Å². The number of ketones is 1. The van der Waals surface area contributed by atoms with Gasteiger partial charge in [-0.05, 0) is 26.3 Å². The Morgan fingerprint density at radius 1 is 1.47 bits per heavy atom. The average Bonchev–Trinajstić information content (AvgIpc) is 3.11. The minimum absolute atomic E-state index is 0.137. The summed E-state index contributed by atoms with van der Waals surface area (Å²) in [5.41, 5.74) is 0.923. The maximum absolute atomic E-state index is 12.5. The van der Waals surface area contributed by atoms with Gasteiger partial charge in [0.2, 0.25) is 0 Å². The molecule has 0 spiro atoms. The zero-order valence-electron chi connectivity index (χ0n) is 11.5. The highest BCUT2D eigenvalue weighted by molar-refractivity contribution is 6.08. The second kappa shape index (κ2) is 5.04. The summed E-state index contributed by atoms with van der Waals surface area (Å²) in [6.45, 7) is 5.38. The van der Waals surface area contributed by atoms with Crippen LogP contribution in [0.2, 0.25) is 0 Å². The van der Waals surface area contributed by atoms with E-state index in [1.807, 2.05) is 19.9 Å². The van der Waals surface area contributed by atoms with Gasteiger partial charge >= 0.3 is 0 Å². The number of aliphatic hydroxyl groups is 2. The molecule has 2 aliphatic rings. The Morgan fingerprint density at radius 3 is 2.68 bits per heavy atom. The summed E-state index contributed by atoms with van der Waals surface area (Å²) in [6.07, 6.45) is 4.36. The fraction of sp³-hybridized carbons (Fsp3) is 0.533. The SMILES string of the molecule is C/C=C/C1=C(CO)[C@H](O)[C@@H]2O[C@@]2(CC=C(C)C)C1=O. The lowest BCUT2D eigenvalue weighted by molar-refractivity contribution is -0.120. The summed E-state index contributed by atoms with van der Waals surface area (Å²) in [4.78, 5) is 12.5. The lowest BCUT2D eigenvalue weighted by Gasteiger charge is -2.23. The zero-order chi connectivity index (χ0) is 14.2. The summed E-state index contributed by atoms with van der Waals surface area (Å²) in [7, 11) is 0. The van der Waals surface area contributed by atoms with Crippen LogP contribution in [0, 0.1) is 0 Å². The van der Waals surface area contributed by atoms with E-state index in [1.54, 1.807) is 19.1 Å². The normalized spacial score (nSPS) is 33.6. The molecule has 1 heterocycles. The molecule has 4 heteroatoms. The molecule has 4 nitrogen and oxygen atoms in total. The molecule has 1 fully saturated rings. The van der Waals surface area contributed by atoms with E-state index in [0.717, 1.165) is 5.57 Å². The first-order valence-electron chi connectivity index (χ1n) is 6.48. The summed E-state index contributed by atoms with van der Waals surface area (Å²) < 4.78 is 5.52. The first-order chi connectivity index (χ1) is 8.97. The van der Waals surface area contributed by atoms with Crippen molar-refractivity contribution >= 4 is 5.78 Å². The lowest BCUT2D eigenvalue weighted by atomic mass is 9.79. The second-order valence-electron chi connectivity index (χ2n) is 5.28. The Morgan fingerprint density at radius 2 is 2.16 bits per heavy atom. The van der Waals surface area contributed by atoms with Crippen molar-refractivity contribution in [1.82, 2.24) is 0 Å². The third kappa shape index (κ3) is 2.20. The Labute approximate surface area is 113 Å².